The lowest BCUT2D eigenvalue weighted by atomic mass is 9.71. The van der Waals surface area contributed by atoms with Gasteiger partial charge in [-0.15, -0.1) is 0 Å². The first kappa shape index (κ1) is 17.0. The largest absolute Gasteiger partial charge is 0.314 e. The molecule has 1 aromatic carbocycles. The Morgan fingerprint density at radius 2 is 1.90 bits per heavy atom. The van der Waals surface area contributed by atoms with E-state index in [2.05, 4.69) is 66.3 Å². The minimum absolute atomic E-state index is 0.712. The van der Waals surface area contributed by atoms with Gasteiger partial charge in [0.15, 0.2) is 0 Å². The summed E-state index contributed by atoms with van der Waals surface area (Å²) in [5.74, 6) is 2.52. The number of benzene rings is 1. The molecule has 1 aliphatic carbocycles. The Morgan fingerprint density at radius 3 is 2.52 bits per heavy atom. The molecule has 0 saturated heterocycles. The van der Waals surface area contributed by atoms with Crippen LogP contribution in [0.4, 0.5) is 0 Å². The van der Waals surface area contributed by atoms with Crippen LogP contribution in [0.25, 0.3) is 0 Å². The highest BCUT2D eigenvalue weighted by molar-refractivity contribution is 9.10. The number of nitrogens with one attached hydrogen (secondary N) is 1. The van der Waals surface area contributed by atoms with Crippen molar-refractivity contribution in [3.05, 3.63) is 34.3 Å². The van der Waals surface area contributed by atoms with Crippen molar-refractivity contribution in [1.29, 1.82) is 0 Å². The molecular weight excluding hydrogens is 322 g/mol. The van der Waals surface area contributed by atoms with Gasteiger partial charge in [0.2, 0.25) is 0 Å². The molecular formula is C19H30BrN. The molecule has 1 N–H and O–H groups in total. The van der Waals surface area contributed by atoms with Crippen LogP contribution in [0.5, 0.6) is 0 Å². The van der Waals surface area contributed by atoms with Crippen LogP contribution in [0.3, 0.4) is 0 Å². The molecule has 2 rings (SSSR count). The minimum Gasteiger partial charge on any atom is -0.314 e. The summed E-state index contributed by atoms with van der Waals surface area (Å²) in [5.41, 5.74) is 1.48. The lowest BCUT2D eigenvalue weighted by molar-refractivity contribution is 0.167. The zero-order valence-corrected chi connectivity index (χ0v) is 15.3. The molecule has 3 unspecified atom stereocenters. The Bertz CT molecular complexity index is 412. The molecule has 0 radical (unpaired) electrons. The molecule has 0 aromatic heterocycles. The van der Waals surface area contributed by atoms with Gasteiger partial charge in [-0.1, -0.05) is 48.8 Å². The van der Waals surface area contributed by atoms with Gasteiger partial charge in [-0.3, -0.25) is 0 Å². The maximum absolute atomic E-state index is 3.80. The Balaban J connectivity index is 2.03. The van der Waals surface area contributed by atoms with Crippen molar-refractivity contribution in [1.82, 2.24) is 5.32 Å². The lowest BCUT2D eigenvalue weighted by Gasteiger charge is -2.38. The summed E-state index contributed by atoms with van der Waals surface area (Å²) in [7, 11) is 0. The molecule has 1 aliphatic rings. The van der Waals surface area contributed by atoms with Crippen molar-refractivity contribution >= 4 is 15.9 Å². The number of rotatable bonds is 6. The average molecular weight is 352 g/mol. The maximum Gasteiger partial charge on any atom is 0.0175 e. The molecule has 0 amide bonds. The molecule has 1 saturated carbocycles. The summed E-state index contributed by atoms with van der Waals surface area (Å²) >= 11 is 3.53. The minimum atomic E-state index is 0.712. The smallest absolute Gasteiger partial charge is 0.0175 e. The molecule has 1 fully saturated rings. The third kappa shape index (κ3) is 5.10. The Morgan fingerprint density at radius 1 is 1.19 bits per heavy atom. The van der Waals surface area contributed by atoms with E-state index in [4.69, 9.17) is 0 Å². The first-order valence-corrected chi connectivity index (χ1v) is 9.37. The van der Waals surface area contributed by atoms with E-state index in [0.717, 1.165) is 24.3 Å². The van der Waals surface area contributed by atoms with Gasteiger partial charge >= 0.3 is 0 Å². The lowest BCUT2D eigenvalue weighted by Crippen LogP contribution is -2.42. The van der Waals surface area contributed by atoms with E-state index in [1.807, 2.05) is 0 Å². The molecule has 3 atom stereocenters. The molecule has 1 aromatic rings. The van der Waals surface area contributed by atoms with Gasteiger partial charge in [0.1, 0.15) is 0 Å². The molecule has 0 aliphatic heterocycles. The van der Waals surface area contributed by atoms with Crippen molar-refractivity contribution in [3.8, 4) is 0 Å². The van der Waals surface area contributed by atoms with E-state index >= 15 is 0 Å². The van der Waals surface area contributed by atoms with Gasteiger partial charge in [0.05, 0.1) is 0 Å². The van der Waals surface area contributed by atoms with Crippen molar-refractivity contribution in [2.75, 3.05) is 6.54 Å². The van der Waals surface area contributed by atoms with Crippen LogP contribution in [0.2, 0.25) is 0 Å². The third-order valence-corrected chi connectivity index (χ3v) is 5.56. The zero-order chi connectivity index (χ0) is 15.2. The third-order valence-electron chi connectivity index (χ3n) is 5.03. The van der Waals surface area contributed by atoms with E-state index in [-0.39, 0.29) is 0 Å². The Kier molecular flexibility index (Phi) is 6.75. The second kappa shape index (κ2) is 8.33. The van der Waals surface area contributed by atoms with Gasteiger partial charge in [-0.05, 0) is 74.1 Å². The van der Waals surface area contributed by atoms with Crippen molar-refractivity contribution < 1.29 is 0 Å². The summed E-state index contributed by atoms with van der Waals surface area (Å²) in [4.78, 5) is 0. The van der Waals surface area contributed by atoms with E-state index in [1.165, 1.54) is 42.1 Å². The predicted octanol–water partition coefficient (Wildman–Crippen LogP) is 5.43. The summed E-state index contributed by atoms with van der Waals surface area (Å²) < 4.78 is 1.18. The Labute approximate surface area is 139 Å². The summed E-state index contributed by atoms with van der Waals surface area (Å²) in [6.45, 7) is 8.20. The highest BCUT2D eigenvalue weighted by Crippen LogP contribution is 2.35. The van der Waals surface area contributed by atoms with Gasteiger partial charge in [0, 0.05) is 10.5 Å². The molecule has 118 valence electrons. The molecule has 2 heteroatoms. The Hall–Kier alpha value is -0.340. The molecule has 21 heavy (non-hydrogen) atoms. The number of hydrogen-bond acceptors (Lipinski definition) is 1. The van der Waals surface area contributed by atoms with E-state index in [1.54, 1.807) is 0 Å². The summed E-state index contributed by atoms with van der Waals surface area (Å²) in [6, 6.07) is 9.61. The fourth-order valence-electron chi connectivity index (χ4n) is 3.65. The standard InChI is InChI=1S/C19H30BrN/c1-4-11-21-19-10-7-16(14(2)3)13-17(19)12-15-5-8-18(20)9-6-15/h5-6,8-9,14,16-17,19,21H,4,7,10-13H2,1-3H3. The fraction of sp³-hybridized carbons (Fsp3) is 0.684. The van der Waals surface area contributed by atoms with Gasteiger partial charge in [-0.25, -0.2) is 0 Å². The first-order chi connectivity index (χ1) is 10.1. The second-order valence-corrected chi connectivity index (χ2v) is 7.88. The second-order valence-electron chi connectivity index (χ2n) is 6.97. The fourth-order valence-corrected chi connectivity index (χ4v) is 3.92. The maximum atomic E-state index is 3.80. The monoisotopic (exact) mass is 351 g/mol. The van der Waals surface area contributed by atoms with Gasteiger partial charge < -0.3 is 5.32 Å². The predicted molar refractivity (Wildman–Crippen MR) is 95.6 cm³/mol. The van der Waals surface area contributed by atoms with E-state index in [0.29, 0.717) is 6.04 Å². The SMILES string of the molecule is CCCNC1CCC(C(C)C)CC1Cc1ccc(Br)cc1. The van der Waals surface area contributed by atoms with Crippen LogP contribution in [-0.4, -0.2) is 12.6 Å². The molecule has 0 bridgehead atoms. The quantitative estimate of drug-likeness (QED) is 0.720. The van der Waals surface area contributed by atoms with Crippen LogP contribution in [0.15, 0.2) is 28.7 Å². The van der Waals surface area contributed by atoms with E-state index < -0.39 is 0 Å². The van der Waals surface area contributed by atoms with Crippen LogP contribution in [0.1, 0.15) is 52.0 Å². The van der Waals surface area contributed by atoms with Crippen LogP contribution in [-0.2, 0) is 6.42 Å². The number of halogens is 1. The van der Waals surface area contributed by atoms with E-state index in [9.17, 15) is 0 Å². The molecule has 0 spiro atoms. The molecule has 0 heterocycles. The average Bonchev–Trinajstić information content (AvgIpc) is 2.48. The van der Waals surface area contributed by atoms with Gasteiger partial charge in [-0.2, -0.15) is 0 Å². The number of hydrogen-bond donors (Lipinski definition) is 1. The normalized spacial score (nSPS) is 26.2. The van der Waals surface area contributed by atoms with Crippen molar-refractivity contribution in [2.24, 2.45) is 17.8 Å². The van der Waals surface area contributed by atoms with Crippen LogP contribution in [0, 0.1) is 17.8 Å². The topological polar surface area (TPSA) is 12.0 Å². The molecule has 1 nitrogen and oxygen atoms in total. The summed E-state index contributed by atoms with van der Waals surface area (Å²) in [6.07, 6.45) is 6.59. The van der Waals surface area contributed by atoms with Crippen molar-refractivity contribution in [3.63, 3.8) is 0 Å². The van der Waals surface area contributed by atoms with Crippen LogP contribution >= 0.6 is 15.9 Å². The highest BCUT2D eigenvalue weighted by atomic mass is 79.9. The first-order valence-electron chi connectivity index (χ1n) is 8.58. The van der Waals surface area contributed by atoms with Crippen molar-refractivity contribution in [2.45, 2.75) is 58.9 Å². The van der Waals surface area contributed by atoms with Crippen LogP contribution < -0.4 is 5.32 Å². The zero-order valence-electron chi connectivity index (χ0n) is 13.7. The summed E-state index contributed by atoms with van der Waals surface area (Å²) in [5, 5.41) is 3.80. The highest BCUT2D eigenvalue weighted by Gasteiger charge is 2.31. The van der Waals surface area contributed by atoms with Gasteiger partial charge in [0.25, 0.3) is 0 Å².